The lowest BCUT2D eigenvalue weighted by molar-refractivity contribution is -0.142. The summed E-state index contributed by atoms with van der Waals surface area (Å²) in [4.78, 5) is 26.6. The summed E-state index contributed by atoms with van der Waals surface area (Å²) < 4.78 is 0. The molecule has 0 aromatic heterocycles. The Morgan fingerprint density at radius 2 is 1.58 bits per heavy atom. The van der Waals surface area contributed by atoms with Crippen LogP contribution in [0.5, 0.6) is 0 Å². The van der Waals surface area contributed by atoms with Crippen molar-refractivity contribution in [2.45, 2.75) is 103 Å². The Kier molecular flexibility index (Phi) is 13.2. The Morgan fingerprint density at radius 3 is 2.19 bits per heavy atom. The second kappa shape index (κ2) is 15.0. The molecular weight excluding hydrogens is 326 g/mol. The van der Waals surface area contributed by atoms with E-state index < -0.39 is 0 Å². The first-order valence-corrected chi connectivity index (χ1v) is 11.0. The number of likely N-dealkylation sites (tertiary alicyclic amines) is 1. The highest BCUT2D eigenvalue weighted by Crippen LogP contribution is 2.19. The first-order chi connectivity index (χ1) is 12.7. The molecule has 3 N–H and O–H groups in total. The average molecular weight is 368 g/mol. The molecule has 1 rings (SSSR count). The number of rotatable bonds is 14. The molecule has 0 aromatic carbocycles. The number of hydrogen-bond acceptors (Lipinski definition) is 3. The van der Waals surface area contributed by atoms with Crippen LogP contribution in [0.4, 0.5) is 0 Å². The van der Waals surface area contributed by atoms with E-state index in [0.29, 0.717) is 19.5 Å². The summed E-state index contributed by atoms with van der Waals surface area (Å²) in [5, 5.41) is 2.84. The van der Waals surface area contributed by atoms with Crippen molar-refractivity contribution in [2.24, 2.45) is 5.73 Å². The molecule has 1 saturated heterocycles. The van der Waals surface area contributed by atoms with Crippen LogP contribution in [0.25, 0.3) is 0 Å². The molecule has 152 valence electrons. The molecule has 1 atom stereocenters. The minimum absolute atomic E-state index is 0.0356. The van der Waals surface area contributed by atoms with Gasteiger partial charge in [-0.25, -0.2) is 0 Å². The number of unbranched alkanes of at least 4 members (excludes halogenated alkanes) is 9. The highest BCUT2D eigenvalue weighted by molar-refractivity contribution is 5.87. The fraction of sp³-hybridized carbons (Fsp3) is 0.905. The van der Waals surface area contributed by atoms with Crippen LogP contribution in [0.1, 0.15) is 96.8 Å². The molecule has 0 spiro atoms. The Bertz CT molecular complexity index is 387. The zero-order chi connectivity index (χ0) is 19.0. The van der Waals surface area contributed by atoms with Crippen molar-refractivity contribution >= 4 is 11.8 Å². The summed E-state index contributed by atoms with van der Waals surface area (Å²) in [5.74, 6) is 0.115. The van der Waals surface area contributed by atoms with Crippen LogP contribution >= 0.6 is 0 Å². The number of piperidine rings is 1. The van der Waals surface area contributed by atoms with Crippen LogP contribution in [0.15, 0.2) is 0 Å². The van der Waals surface area contributed by atoms with Gasteiger partial charge in [0.1, 0.15) is 6.04 Å². The van der Waals surface area contributed by atoms with Crippen LogP contribution < -0.4 is 11.1 Å². The molecule has 5 nitrogen and oxygen atoms in total. The Balaban J connectivity index is 2.15. The van der Waals surface area contributed by atoms with E-state index in [9.17, 15) is 9.59 Å². The Morgan fingerprint density at radius 1 is 0.962 bits per heavy atom. The van der Waals surface area contributed by atoms with Gasteiger partial charge in [0.25, 0.3) is 0 Å². The molecule has 1 aliphatic heterocycles. The first-order valence-electron chi connectivity index (χ1n) is 11.0. The van der Waals surface area contributed by atoms with E-state index in [0.717, 1.165) is 38.6 Å². The summed E-state index contributed by atoms with van der Waals surface area (Å²) in [5.41, 5.74) is 5.45. The van der Waals surface area contributed by atoms with Gasteiger partial charge < -0.3 is 16.0 Å². The van der Waals surface area contributed by atoms with E-state index in [1.54, 1.807) is 0 Å². The third-order valence-corrected chi connectivity index (χ3v) is 5.31. The van der Waals surface area contributed by atoms with Gasteiger partial charge >= 0.3 is 0 Å². The van der Waals surface area contributed by atoms with E-state index in [-0.39, 0.29) is 17.9 Å². The van der Waals surface area contributed by atoms with Gasteiger partial charge in [-0.05, 0) is 25.7 Å². The van der Waals surface area contributed by atoms with Crippen molar-refractivity contribution in [1.29, 1.82) is 0 Å². The number of amides is 2. The molecule has 1 unspecified atom stereocenters. The monoisotopic (exact) mass is 367 g/mol. The smallest absolute Gasteiger partial charge is 0.242 e. The number of nitrogens with zero attached hydrogens (tertiary/aromatic N) is 1. The molecule has 2 amide bonds. The highest BCUT2D eigenvalue weighted by Gasteiger charge is 2.31. The summed E-state index contributed by atoms with van der Waals surface area (Å²) in [7, 11) is 0. The number of carbonyl (C=O) groups is 2. The fourth-order valence-corrected chi connectivity index (χ4v) is 3.72. The van der Waals surface area contributed by atoms with E-state index in [2.05, 4.69) is 12.2 Å². The maximum atomic E-state index is 12.5. The Labute approximate surface area is 160 Å². The van der Waals surface area contributed by atoms with Crippen LogP contribution in [0, 0.1) is 0 Å². The van der Waals surface area contributed by atoms with Gasteiger partial charge in [-0.2, -0.15) is 0 Å². The quantitative estimate of drug-likeness (QED) is 0.459. The molecule has 1 aliphatic rings. The molecule has 0 radical (unpaired) electrons. The van der Waals surface area contributed by atoms with E-state index >= 15 is 0 Å². The maximum Gasteiger partial charge on any atom is 0.242 e. The lowest BCUT2D eigenvalue weighted by atomic mass is 10.00. The van der Waals surface area contributed by atoms with Gasteiger partial charge in [-0.15, -0.1) is 0 Å². The van der Waals surface area contributed by atoms with Crippen LogP contribution in [-0.4, -0.2) is 42.4 Å². The van der Waals surface area contributed by atoms with Crippen molar-refractivity contribution in [2.75, 3.05) is 19.6 Å². The third-order valence-electron chi connectivity index (χ3n) is 5.31. The molecule has 0 aromatic rings. The molecule has 0 bridgehead atoms. The number of carbonyl (C=O) groups excluding carboxylic acids is 2. The van der Waals surface area contributed by atoms with Crippen LogP contribution in [-0.2, 0) is 9.59 Å². The zero-order valence-electron chi connectivity index (χ0n) is 16.9. The molecule has 26 heavy (non-hydrogen) atoms. The van der Waals surface area contributed by atoms with Gasteiger partial charge in [-0.1, -0.05) is 64.7 Å². The van der Waals surface area contributed by atoms with Crippen LogP contribution in [0.3, 0.4) is 0 Å². The summed E-state index contributed by atoms with van der Waals surface area (Å²) in [6.45, 7) is 3.89. The highest BCUT2D eigenvalue weighted by atomic mass is 16.2. The first kappa shape index (κ1) is 22.9. The van der Waals surface area contributed by atoms with Crippen molar-refractivity contribution in [3.05, 3.63) is 0 Å². The van der Waals surface area contributed by atoms with Crippen molar-refractivity contribution in [3.8, 4) is 0 Å². The number of hydrogen-bond donors (Lipinski definition) is 2. The van der Waals surface area contributed by atoms with E-state index in [1.807, 2.05) is 4.90 Å². The lowest BCUT2D eigenvalue weighted by Gasteiger charge is -2.34. The van der Waals surface area contributed by atoms with Gasteiger partial charge in [-0.3, -0.25) is 9.59 Å². The zero-order valence-corrected chi connectivity index (χ0v) is 16.9. The standard InChI is InChI=1S/C21H41N3O2/c1-2-3-4-5-6-7-8-9-10-11-15-20(25)24-18-13-12-14-19(24)21(26)23-17-16-22/h19H,2-18,22H2,1H3,(H,23,26). The summed E-state index contributed by atoms with van der Waals surface area (Å²) >= 11 is 0. The van der Waals surface area contributed by atoms with Gasteiger partial charge in [0, 0.05) is 26.1 Å². The lowest BCUT2D eigenvalue weighted by Crippen LogP contribution is -2.52. The SMILES string of the molecule is CCCCCCCCCCCCC(=O)N1CCCCC1C(=O)NCCN. The predicted octanol–water partition coefficient (Wildman–Crippen LogP) is 3.75. The average Bonchev–Trinajstić information content (AvgIpc) is 2.67. The third kappa shape index (κ3) is 9.56. The van der Waals surface area contributed by atoms with Crippen molar-refractivity contribution in [3.63, 3.8) is 0 Å². The molecule has 5 heteroatoms. The van der Waals surface area contributed by atoms with Crippen LogP contribution in [0.2, 0.25) is 0 Å². The maximum absolute atomic E-state index is 12.5. The fourth-order valence-electron chi connectivity index (χ4n) is 3.72. The summed E-state index contributed by atoms with van der Waals surface area (Å²) in [6, 6.07) is -0.286. The second-order valence-electron chi connectivity index (χ2n) is 7.61. The summed E-state index contributed by atoms with van der Waals surface area (Å²) in [6.07, 6.45) is 16.1. The van der Waals surface area contributed by atoms with Crippen molar-refractivity contribution < 1.29 is 9.59 Å². The topological polar surface area (TPSA) is 75.4 Å². The largest absolute Gasteiger partial charge is 0.353 e. The number of nitrogens with one attached hydrogen (secondary N) is 1. The minimum atomic E-state index is -0.286. The van der Waals surface area contributed by atoms with E-state index in [4.69, 9.17) is 5.73 Å². The number of nitrogens with two attached hydrogens (primary N) is 1. The normalized spacial score (nSPS) is 17.3. The molecular formula is C21H41N3O2. The van der Waals surface area contributed by atoms with Gasteiger partial charge in [0.05, 0.1) is 0 Å². The Hall–Kier alpha value is -1.10. The van der Waals surface area contributed by atoms with E-state index in [1.165, 1.54) is 51.4 Å². The molecule has 1 heterocycles. The molecule has 1 fully saturated rings. The molecule has 0 aliphatic carbocycles. The predicted molar refractivity (Wildman–Crippen MR) is 108 cm³/mol. The van der Waals surface area contributed by atoms with Crippen molar-refractivity contribution in [1.82, 2.24) is 10.2 Å². The second-order valence-corrected chi connectivity index (χ2v) is 7.61. The van der Waals surface area contributed by atoms with Gasteiger partial charge in [0.15, 0.2) is 0 Å². The van der Waals surface area contributed by atoms with Gasteiger partial charge in [0.2, 0.25) is 11.8 Å². The molecule has 0 saturated carbocycles. The minimum Gasteiger partial charge on any atom is -0.353 e.